The molecule has 1 aliphatic rings. The molecule has 5 heteroatoms. The maximum atomic E-state index is 13.1. The average molecular weight is 445 g/mol. The molecule has 1 aliphatic heterocycles. The largest absolute Gasteiger partial charge is 0.387 e. The van der Waals surface area contributed by atoms with Crippen LogP contribution in [0.2, 0.25) is 0 Å². The Morgan fingerprint density at radius 3 is 2.41 bits per heavy atom. The highest BCUT2D eigenvalue weighted by Crippen LogP contribution is 2.35. The van der Waals surface area contributed by atoms with Crippen LogP contribution in [0.25, 0.3) is 22.0 Å². The van der Waals surface area contributed by atoms with Gasteiger partial charge in [-0.1, -0.05) is 81.7 Å². The fraction of sp³-hybridized carbons (Fsp3) is 0.0833. The number of pyridine rings is 1. The van der Waals surface area contributed by atoms with Gasteiger partial charge in [-0.15, -0.1) is 0 Å². The molecule has 0 unspecified atom stereocenters. The number of hydrogen-bond acceptors (Lipinski definition) is 3. The van der Waals surface area contributed by atoms with Crippen molar-refractivity contribution >= 4 is 32.5 Å². The highest BCUT2D eigenvalue weighted by Gasteiger charge is 2.28. The Labute approximate surface area is 176 Å². The van der Waals surface area contributed by atoms with E-state index in [0.29, 0.717) is 17.7 Å². The summed E-state index contributed by atoms with van der Waals surface area (Å²) in [6.07, 6.45) is 0.360. The molecule has 29 heavy (non-hydrogen) atoms. The fourth-order valence-electron chi connectivity index (χ4n) is 3.82. The Morgan fingerprint density at radius 1 is 0.931 bits per heavy atom. The first kappa shape index (κ1) is 17.9. The third-order valence-electron chi connectivity index (χ3n) is 5.17. The van der Waals surface area contributed by atoms with Crippen LogP contribution < -0.4 is 5.56 Å². The molecule has 0 radical (unpaired) electrons. The van der Waals surface area contributed by atoms with E-state index >= 15 is 0 Å². The minimum absolute atomic E-state index is 0.158. The number of nitrogens with one attached hydrogen (secondary N) is 1. The molecule has 0 saturated carbocycles. The van der Waals surface area contributed by atoms with Gasteiger partial charge < -0.3 is 9.82 Å². The number of nitrogens with zero attached hydrogens (tertiary/aromatic N) is 1. The molecule has 0 fully saturated rings. The normalized spacial score (nSPS) is 15.9. The van der Waals surface area contributed by atoms with E-state index in [2.05, 4.69) is 26.1 Å². The van der Waals surface area contributed by atoms with Crippen LogP contribution in [0.15, 0.2) is 93.3 Å². The summed E-state index contributed by atoms with van der Waals surface area (Å²) in [5, 5.41) is 5.29. The van der Waals surface area contributed by atoms with Crippen molar-refractivity contribution in [2.45, 2.75) is 12.5 Å². The number of fused-ring (bicyclic) bond motifs is 1. The van der Waals surface area contributed by atoms with E-state index in [4.69, 9.17) is 4.84 Å². The minimum Gasteiger partial charge on any atom is -0.387 e. The SMILES string of the molecule is O=c1[nH]c2ccc(Br)cc2c(-c2ccccc2)c1C1=NO[C@@H](c2ccccc2)C1. The third-order valence-corrected chi connectivity index (χ3v) is 5.66. The van der Waals surface area contributed by atoms with Gasteiger partial charge in [0.25, 0.3) is 5.56 Å². The average Bonchev–Trinajstić information content (AvgIpc) is 3.24. The van der Waals surface area contributed by atoms with Crippen LogP contribution in [0.1, 0.15) is 23.7 Å². The van der Waals surface area contributed by atoms with Crippen LogP contribution in [-0.2, 0) is 4.84 Å². The maximum absolute atomic E-state index is 13.1. The predicted molar refractivity (Wildman–Crippen MR) is 119 cm³/mol. The van der Waals surface area contributed by atoms with Crippen LogP contribution in [0.5, 0.6) is 0 Å². The molecule has 0 bridgehead atoms. The summed E-state index contributed by atoms with van der Waals surface area (Å²) in [7, 11) is 0. The van der Waals surface area contributed by atoms with Crippen LogP contribution in [-0.4, -0.2) is 10.7 Å². The second-order valence-corrected chi connectivity index (χ2v) is 7.92. The molecule has 1 atom stereocenters. The molecular formula is C24H17BrN2O2. The number of halogens is 1. The maximum Gasteiger partial charge on any atom is 0.258 e. The van der Waals surface area contributed by atoms with Gasteiger partial charge >= 0.3 is 0 Å². The van der Waals surface area contributed by atoms with Gasteiger partial charge in [-0.3, -0.25) is 4.79 Å². The number of aromatic amines is 1. The van der Waals surface area contributed by atoms with Crippen molar-refractivity contribution in [2.75, 3.05) is 0 Å². The van der Waals surface area contributed by atoms with Crippen molar-refractivity contribution in [1.82, 2.24) is 4.98 Å². The van der Waals surface area contributed by atoms with E-state index in [9.17, 15) is 4.79 Å². The van der Waals surface area contributed by atoms with Gasteiger partial charge in [-0.2, -0.15) is 0 Å². The first-order valence-electron chi connectivity index (χ1n) is 9.39. The van der Waals surface area contributed by atoms with Crippen molar-refractivity contribution in [3.8, 4) is 11.1 Å². The lowest BCUT2D eigenvalue weighted by molar-refractivity contribution is 0.0857. The number of benzene rings is 3. The number of oxime groups is 1. The zero-order valence-electron chi connectivity index (χ0n) is 15.4. The van der Waals surface area contributed by atoms with Crippen LogP contribution in [0, 0.1) is 0 Å². The van der Waals surface area contributed by atoms with Gasteiger partial charge in [0.05, 0.1) is 11.3 Å². The summed E-state index contributed by atoms with van der Waals surface area (Å²) < 4.78 is 0.951. The zero-order chi connectivity index (χ0) is 19.8. The molecule has 1 aromatic heterocycles. The van der Waals surface area contributed by atoms with Crippen molar-refractivity contribution < 1.29 is 4.84 Å². The molecule has 0 aliphatic carbocycles. The van der Waals surface area contributed by atoms with E-state index in [1.807, 2.05) is 78.9 Å². The van der Waals surface area contributed by atoms with E-state index in [-0.39, 0.29) is 11.7 Å². The van der Waals surface area contributed by atoms with Crippen molar-refractivity contribution in [1.29, 1.82) is 0 Å². The third kappa shape index (κ3) is 3.28. The highest BCUT2D eigenvalue weighted by molar-refractivity contribution is 9.10. The summed E-state index contributed by atoms with van der Waals surface area (Å²) in [6.45, 7) is 0. The minimum atomic E-state index is -0.188. The number of H-pyrrole nitrogens is 1. The molecule has 2 heterocycles. The Balaban J connectivity index is 1.70. The molecule has 5 rings (SSSR count). The first-order valence-corrected chi connectivity index (χ1v) is 10.2. The van der Waals surface area contributed by atoms with Crippen LogP contribution in [0.4, 0.5) is 0 Å². The van der Waals surface area contributed by atoms with E-state index in [0.717, 1.165) is 32.1 Å². The molecule has 4 aromatic rings. The molecule has 3 aromatic carbocycles. The first-order chi connectivity index (χ1) is 14.2. The van der Waals surface area contributed by atoms with Crippen molar-refractivity contribution in [3.63, 3.8) is 0 Å². The molecule has 1 N–H and O–H groups in total. The van der Waals surface area contributed by atoms with Crippen LogP contribution in [0.3, 0.4) is 0 Å². The lowest BCUT2D eigenvalue weighted by Crippen LogP contribution is -2.20. The lowest BCUT2D eigenvalue weighted by Gasteiger charge is -2.13. The smallest absolute Gasteiger partial charge is 0.258 e. The Kier molecular flexibility index (Phi) is 4.52. The summed E-state index contributed by atoms with van der Waals surface area (Å²) in [5.41, 5.74) is 4.77. The number of aromatic nitrogens is 1. The van der Waals surface area contributed by atoms with Gasteiger partial charge in [0, 0.05) is 27.4 Å². The standard InChI is InChI=1S/C24H17BrN2O2/c25-17-11-12-19-18(13-17)22(16-9-5-2-6-10-16)23(24(28)26-19)20-14-21(29-27-20)15-7-3-1-4-8-15/h1-13,21H,14H2,(H,26,28)/t21-/m1/s1. The lowest BCUT2D eigenvalue weighted by atomic mass is 9.91. The van der Waals surface area contributed by atoms with Crippen molar-refractivity contribution in [3.05, 3.63) is 105 Å². The van der Waals surface area contributed by atoms with Crippen LogP contribution >= 0.6 is 15.9 Å². The number of hydrogen-bond donors (Lipinski definition) is 1. The van der Waals surface area contributed by atoms with Crippen molar-refractivity contribution in [2.24, 2.45) is 5.16 Å². The second kappa shape index (κ2) is 7.33. The molecule has 0 spiro atoms. The second-order valence-electron chi connectivity index (χ2n) is 7.01. The van der Waals surface area contributed by atoms with E-state index < -0.39 is 0 Å². The quantitative estimate of drug-likeness (QED) is 0.432. The highest BCUT2D eigenvalue weighted by atomic mass is 79.9. The Morgan fingerprint density at radius 2 is 1.66 bits per heavy atom. The molecule has 4 nitrogen and oxygen atoms in total. The topological polar surface area (TPSA) is 54.5 Å². The summed E-state index contributed by atoms with van der Waals surface area (Å²) in [5.74, 6) is 0. The summed E-state index contributed by atoms with van der Waals surface area (Å²) in [4.78, 5) is 21.9. The van der Waals surface area contributed by atoms with Gasteiger partial charge in [0.2, 0.25) is 0 Å². The molecular weight excluding hydrogens is 428 g/mol. The monoisotopic (exact) mass is 444 g/mol. The Bertz CT molecular complexity index is 1280. The van der Waals surface area contributed by atoms with Gasteiger partial charge in [0.1, 0.15) is 0 Å². The summed E-state index contributed by atoms with van der Waals surface area (Å²) in [6, 6.07) is 25.8. The zero-order valence-corrected chi connectivity index (χ0v) is 17.0. The summed E-state index contributed by atoms with van der Waals surface area (Å²) >= 11 is 3.56. The number of rotatable bonds is 3. The molecule has 0 amide bonds. The fourth-order valence-corrected chi connectivity index (χ4v) is 4.18. The van der Waals surface area contributed by atoms with E-state index in [1.165, 1.54) is 0 Å². The molecule has 0 saturated heterocycles. The van der Waals surface area contributed by atoms with Gasteiger partial charge in [-0.25, -0.2) is 0 Å². The predicted octanol–water partition coefficient (Wildman–Crippen LogP) is 5.82. The van der Waals surface area contributed by atoms with E-state index in [1.54, 1.807) is 0 Å². The van der Waals surface area contributed by atoms with Gasteiger partial charge in [-0.05, 0) is 29.3 Å². The molecule has 142 valence electrons. The Hall–Kier alpha value is -3.18. The van der Waals surface area contributed by atoms with Gasteiger partial charge in [0.15, 0.2) is 6.10 Å².